The maximum Gasteiger partial charge on any atom is 0.251 e. The first-order valence-corrected chi connectivity index (χ1v) is 16.0. The van der Waals surface area contributed by atoms with Gasteiger partial charge in [-0.05, 0) is 55.1 Å². The van der Waals surface area contributed by atoms with Crippen LogP contribution in [0.15, 0.2) is 24.3 Å². The number of nitrogens with two attached hydrogens (primary N) is 1. The number of piperazine rings is 1. The van der Waals surface area contributed by atoms with Crippen molar-refractivity contribution in [2.24, 2.45) is 29.4 Å². The number of rotatable bonds is 17. The molecule has 1 aliphatic heterocycles. The lowest BCUT2D eigenvalue weighted by molar-refractivity contribution is -0.130. The number of unbranched alkanes of at least 4 members (excludes halogenated alkanes) is 1. The molecule has 1 aromatic carbocycles. The van der Waals surface area contributed by atoms with Crippen LogP contribution < -0.4 is 16.4 Å². The lowest BCUT2D eigenvalue weighted by Gasteiger charge is -2.34. The van der Waals surface area contributed by atoms with Crippen molar-refractivity contribution in [1.29, 1.82) is 0 Å². The molecule has 9 nitrogen and oxygen atoms in total. The molecule has 1 aromatic rings. The number of hydrogen-bond acceptors (Lipinski definition) is 6. The van der Waals surface area contributed by atoms with Crippen LogP contribution >= 0.6 is 0 Å². The van der Waals surface area contributed by atoms with Crippen molar-refractivity contribution in [2.45, 2.75) is 85.8 Å². The quantitative estimate of drug-likeness (QED) is 0.208. The normalized spacial score (nSPS) is 17.1. The molecule has 42 heavy (non-hydrogen) atoms. The maximum absolute atomic E-state index is 13.3. The SMILES string of the molecule is CCCCNC(=O)[C@@H](C[C@H](O)[C@@H](N)C[C@H](CNC(=O)c1ccccc1CCN1CCN(C(C)=O)CC1)C(C)C)C(C)C. The summed E-state index contributed by atoms with van der Waals surface area (Å²) in [7, 11) is 0. The Morgan fingerprint density at radius 1 is 0.976 bits per heavy atom. The Bertz CT molecular complexity index is 977. The van der Waals surface area contributed by atoms with Crippen LogP contribution in [-0.4, -0.2) is 90.6 Å². The summed E-state index contributed by atoms with van der Waals surface area (Å²) < 4.78 is 0. The molecule has 0 bridgehead atoms. The number of hydrogen-bond donors (Lipinski definition) is 4. The molecule has 2 rings (SSSR count). The van der Waals surface area contributed by atoms with E-state index in [0.29, 0.717) is 31.5 Å². The van der Waals surface area contributed by atoms with Gasteiger partial charge < -0.3 is 26.4 Å². The van der Waals surface area contributed by atoms with Crippen molar-refractivity contribution in [3.05, 3.63) is 35.4 Å². The molecule has 0 aliphatic carbocycles. The Balaban J connectivity index is 1.92. The van der Waals surface area contributed by atoms with Crippen LogP contribution in [0.1, 0.15) is 83.1 Å². The third kappa shape index (κ3) is 11.7. The Kier molecular flexibility index (Phi) is 15.5. The van der Waals surface area contributed by atoms with Gasteiger partial charge in [0.15, 0.2) is 0 Å². The number of aliphatic hydroxyl groups excluding tert-OH is 1. The Morgan fingerprint density at radius 3 is 2.24 bits per heavy atom. The zero-order chi connectivity index (χ0) is 31.2. The van der Waals surface area contributed by atoms with Gasteiger partial charge in [-0.1, -0.05) is 59.2 Å². The van der Waals surface area contributed by atoms with Crippen LogP contribution in [0, 0.1) is 23.7 Å². The van der Waals surface area contributed by atoms with Crippen LogP contribution in [-0.2, 0) is 16.0 Å². The van der Waals surface area contributed by atoms with E-state index in [2.05, 4.69) is 36.3 Å². The minimum absolute atomic E-state index is 0.0191. The van der Waals surface area contributed by atoms with E-state index in [1.807, 2.05) is 43.0 Å². The van der Waals surface area contributed by atoms with Gasteiger partial charge in [0, 0.05) is 70.3 Å². The van der Waals surface area contributed by atoms with Gasteiger partial charge in [0.2, 0.25) is 11.8 Å². The maximum atomic E-state index is 13.3. The first kappa shape index (κ1) is 35.7. The molecule has 238 valence electrons. The second-order valence-electron chi connectivity index (χ2n) is 12.7. The lowest BCUT2D eigenvalue weighted by atomic mass is 9.83. The Morgan fingerprint density at radius 2 is 1.64 bits per heavy atom. The smallest absolute Gasteiger partial charge is 0.251 e. The molecule has 0 radical (unpaired) electrons. The molecule has 5 N–H and O–H groups in total. The van der Waals surface area contributed by atoms with Crippen LogP contribution in [0.25, 0.3) is 0 Å². The van der Waals surface area contributed by atoms with Gasteiger partial charge in [-0.15, -0.1) is 0 Å². The molecule has 0 spiro atoms. The predicted molar refractivity (Wildman–Crippen MR) is 169 cm³/mol. The summed E-state index contributed by atoms with van der Waals surface area (Å²) in [6.45, 7) is 17.0. The fourth-order valence-corrected chi connectivity index (χ4v) is 5.58. The van der Waals surface area contributed by atoms with Crippen LogP contribution in [0.2, 0.25) is 0 Å². The highest BCUT2D eigenvalue weighted by atomic mass is 16.3. The van der Waals surface area contributed by atoms with E-state index in [9.17, 15) is 19.5 Å². The van der Waals surface area contributed by atoms with E-state index in [4.69, 9.17) is 5.73 Å². The number of nitrogens with one attached hydrogen (secondary N) is 2. The summed E-state index contributed by atoms with van der Waals surface area (Å²) in [5, 5.41) is 17.1. The van der Waals surface area contributed by atoms with E-state index >= 15 is 0 Å². The number of benzene rings is 1. The van der Waals surface area contributed by atoms with Crippen molar-refractivity contribution in [3.8, 4) is 0 Å². The molecule has 0 unspecified atom stereocenters. The monoisotopic (exact) mass is 587 g/mol. The van der Waals surface area contributed by atoms with E-state index in [-0.39, 0.29) is 41.4 Å². The molecule has 4 atom stereocenters. The average Bonchev–Trinajstić information content (AvgIpc) is 2.96. The van der Waals surface area contributed by atoms with Crippen molar-refractivity contribution in [1.82, 2.24) is 20.4 Å². The van der Waals surface area contributed by atoms with E-state index in [1.54, 1.807) is 6.92 Å². The van der Waals surface area contributed by atoms with E-state index in [0.717, 1.165) is 57.5 Å². The summed E-state index contributed by atoms with van der Waals surface area (Å²) in [5.41, 5.74) is 8.17. The van der Waals surface area contributed by atoms with Crippen LogP contribution in [0.3, 0.4) is 0 Å². The van der Waals surface area contributed by atoms with Crippen molar-refractivity contribution < 1.29 is 19.5 Å². The number of nitrogens with zero attached hydrogens (tertiary/aromatic N) is 2. The molecule has 1 saturated heterocycles. The van der Waals surface area contributed by atoms with Crippen LogP contribution in [0.5, 0.6) is 0 Å². The Hall–Kier alpha value is -2.49. The Labute approximate surface area is 254 Å². The first-order valence-electron chi connectivity index (χ1n) is 16.0. The van der Waals surface area contributed by atoms with Gasteiger partial charge in [-0.2, -0.15) is 0 Å². The molecular weight excluding hydrogens is 530 g/mol. The van der Waals surface area contributed by atoms with Gasteiger partial charge in [0.05, 0.1) is 6.10 Å². The van der Waals surface area contributed by atoms with Gasteiger partial charge in [0.1, 0.15) is 0 Å². The standard InChI is InChI=1S/C33H57N5O4/c1-7-8-14-35-33(42)29(24(4)5)21-31(40)30(34)20-27(23(2)3)22-36-32(41)28-12-10-9-11-26(28)13-15-37-16-18-38(19-17-37)25(6)39/h9-12,23-24,27,29-31,40H,7-8,13-22,34H2,1-6H3,(H,35,42)(H,36,41)/t27-,29+,30+,31+/m1/s1. The average molecular weight is 588 g/mol. The lowest BCUT2D eigenvalue weighted by Crippen LogP contribution is -2.48. The third-order valence-corrected chi connectivity index (χ3v) is 8.78. The first-order chi connectivity index (χ1) is 19.9. The van der Waals surface area contributed by atoms with Gasteiger partial charge in [-0.25, -0.2) is 0 Å². The second-order valence-corrected chi connectivity index (χ2v) is 12.7. The van der Waals surface area contributed by atoms with Crippen molar-refractivity contribution >= 4 is 17.7 Å². The summed E-state index contributed by atoms with van der Waals surface area (Å²) >= 11 is 0. The molecule has 1 heterocycles. The molecule has 1 fully saturated rings. The topological polar surface area (TPSA) is 128 Å². The van der Waals surface area contributed by atoms with Crippen molar-refractivity contribution in [2.75, 3.05) is 45.8 Å². The number of aliphatic hydroxyl groups is 1. The minimum atomic E-state index is -0.802. The molecule has 1 aliphatic rings. The molecule has 3 amide bonds. The minimum Gasteiger partial charge on any atom is -0.391 e. The zero-order valence-electron chi connectivity index (χ0n) is 26.9. The fourth-order valence-electron chi connectivity index (χ4n) is 5.58. The summed E-state index contributed by atoms with van der Waals surface area (Å²) in [6, 6.07) is 7.24. The fraction of sp³-hybridized carbons (Fsp3) is 0.727. The molecule has 0 aromatic heterocycles. The van der Waals surface area contributed by atoms with E-state index in [1.165, 1.54) is 0 Å². The number of carbonyl (C=O) groups is 3. The highest BCUT2D eigenvalue weighted by molar-refractivity contribution is 5.95. The van der Waals surface area contributed by atoms with Crippen molar-refractivity contribution in [3.63, 3.8) is 0 Å². The third-order valence-electron chi connectivity index (χ3n) is 8.78. The number of amides is 3. The van der Waals surface area contributed by atoms with Crippen LogP contribution in [0.4, 0.5) is 0 Å². The molecule has 0 saturated carbocycles. The zero-order valence-corrected chi connectivity index (χ0v) is 26.9. The van der Waals surface area contributed by atoms with Gasteiger partial charge in [0.25, 0.3) is 5.91 Å². The largest absolute Gasteiger partial charge is 0.391 e. The number of carbonyl (C=O) groups excluding carboxylic acids is 3. The molecular formula is C33H57N5O4. The highest BCUT2D eigenvalue weighted by Crippen LogP contribution is 2.23. The summed E-state index contributed by atoms with van der Waals surface area (Å²) in [5.74, 6) is 0.139. The van der Waals surface area contributed by atoms with E-state index < -0.39 is 12.1 Å². The predicted octanol–water partition coefficient (Wildman–Crippen LogP) is 3.05. The van der Waals surface area contributed by atoms with Gasteiger partial charge in [-0.3, -0.25) is 19.3 Å². The molecule has 9 heteroatoms. The summed E-state index contributed by atoms with van der Waals surface area (Å²) in [6.07, 6.45) is 2.78. The second kappa shape index (κ2) is 18.2. The highest BCUT2D eigenvalue weighted by Gasteiger charge is 2.30. The summed E-state index contributed by atoms with van der Waals surface area (Å²) in [4.78, 5) is 41.9. The van der Waals surface area contributed by atoms with Gasteiger partial charge >= 0.3 is 0 Å².